The number of nitro benzene ring substituents is 1. The molecule has 1 N–H and O–H groups in total. The average Bonchev–Trinajstić information content (AvgIpc) is 2.62. The van der Waals surface area contributed by atoms with Crippen LogP contribution in [-0.2, 0) is 10.0 Å². The van der Waals surface area contributed by atoms with Crippen LogP contribution in [-0.4, -0.2) is 33.3 Å². The Kier molecular flexibility index (Phi) is 6.29. The Bertz CT molecular complexity index is 961. The Morgan fingerprint density at radius 3 is 2.52 bits per heavy atom. The van der Waals surface area contributed by atoms with Gasteiger partial charge in [0.05, 0.1) is 29.8 Å². The Balaban J connectivity index is 2.29. The summed E-state index contributed by atoms with van der Waals surface area (Å²) in [5.74, 6) is -0.505. The lowest BCUT2D eigenvalue weighted by Crippen LogP contribution is -2.18. The highest BCUT2D eigenvalue weighted by atomic mass is 32.2. The van der Waals surface area contributed by atoms with Gasteiger partial charge in [0.2, 0.25) is 5.75 Å². The lowest BCUT2D eigenvalue weighted by molar-refractivity contribution is -0.385. The highest BCUT2D eigenvalue weighted by molar-refractivity contribution is 7.89. The molecule has 0 fully saturated rings. The molecular formula is C16H16FN3O6S. The minimum absolute atomic E-state index is 0.0333. The average molecular weight is 397 g/mol. The maximum atomic E-state index is 12.9. The van der Waals surface area contributed by atoms with Gasteiger partial charge in [-0.15, -0.1) is 0 Å². The Morgan fingerprint density at radius 1 is 1.30 bits per heavy atom. The van der Waals surface area contributed by atoms with Crippen LogP contribution in [0.1, 0.15) is 12.5 Å². The zero-order valence-electron chi connectivity index (χ0n) is 14.4. The molecule has 0 aromatic heterocycles. The minimum atomic E-state index is -4.01. The monoisotopic (exact) mass is 397 g/mol. The van der Waals surface area contributed by atoms with Gasteiger partial charge in [0.1, 0.15) is 5.82 Å². The number of nitrogens with zero attached hydrogens (tertiary/aromatic N) is 2. The fourth-order valence-corrected chi connectivity index (χ4v) is 2.89. The SMILES string of the molecule is CCOc1c(OC)cc(/C=N/NS(=O)(=O)c2ccc(F)cc2)cc1[N+](=O)[O-]. The van der Waals surface area contributed by atoms with E-state index in [1.165, 1.54) is 19.2 Å². The van der Waals surface area contributed by atoms with Gasteiger partial charge in [-0.05, 0) is 37.3 Å². The summed E-state index contributed by atoms with van der Waals surface area (Å²) in [5.41, 5.74) is -0.136. The highest BCUT2D eigenvalue weighted by Gasteiger charge is 2.21. The first kappa shape index (κ1) is 20.1. The molecule has 0 atom stereocenters. The number of hydrogen-bond donors (Lipinski definition) is 1. The summed E-state index contributed by atoms with van der Waals surface area (Å²) in [6.45, 7) is 1.87. The molecule has 27 heavy (non-hydrogen) atoms. The maximum absolute atomic E-state index is 12.9. The smallest absolute Gasteiger partial charge is 0.315 e. The third-order valence-corrected chi connectivity index (χ3v) is 4.51. The molecule has 11 heteroatoms. The largest absolute Gasteiger partial charge is 0.493 e. The molecule has 0 saturated heterocycles. The van der Waals surface area contributed by atoms with Crippen LogP contribution in [0.2, 0.25) is 0 Å². The van der Waals surface area contributed by atoms with E-state index >= 15 is 0 Å². The number of nitrogens with one attached hydrogen (secondary N) is 1. The maximum Gasteiger partial charge on any atom is 0.315 e. The number of hydrazone groups is 1. The summed E-state index contributed by atoms with van der Waals surface area (Å²) in [4.78, 5) is 12.4. The molecule has 2 aromatic rings. The molecule has 0 aliphatic heterocycles. The van der Waals surface area contributed by atoms with Gasteiger partial charge in [0, 0.05) is 11.6 Å². The molecule has 0 spiro atoms. The molecule has 144 valence electrons. The number of sulfonamides is 1. The summed E-state index contributed by atoms with van der Waals surface area (Å²) in [6, 6.07) is 6.74. The summed E-state index contributed by atoms with van der Waals surface area (Å²) in [5, 5.41) is 14.8. The van der Waals surface area contributed by atoms with E-state index in [-0.39, 0.29) is 34.3 Å². The summed E-state index contributed by atoms with van der Waals surface area (Å²) < 4.78 is 47.4. The molecule has 2 rings (SSSR count). The van der Waals surface area contributed by atoms with E-state index in [2.05, 4.69) is 5.10 Å². The quantitative estimate of drug-likeness (QED) is 0.415. The van der Waals surface area contributed by atoms with E-state index in [4.69, 9.17) is 9.47 Å². The summed E-state index contributed by atoms with van der Waals surface area (Å²) in [7, 11) is -2.69. The molecule has 0 aliphatic rings. The second-order valence-electron chi connectivity index (χ2n) is 5.07. The number of benzene rings is 2. The number of rotatable bonds is 8. The lowest BCUT2D eigenvalue weighted by Gasteiger charge is -2.10. The Labute approximate surface area is 154 Å². The number of methoxy groups -OCH3 is 1. The number of hydrogen-bond acceptors (Lipinski definition) is 7. The Morgan fingerprint density at radius 2 is 1.96 bits per heavy atom. The van der Waals surface area contributed by atoms with Gasteiger partial charge in [0.25, 0.3) is 10.0 Å². The molecule has 0 amide bonds. The van der Waals surface area contributed by atoms with Crippen molar-refractivity contribution >= 4 is 21.9 Å². The van der Waals surface area contributed by atoms with Gasteiger partial charge in [-0.3, -0.25) is 10.1 Å². The van der Waals surface area contributed by atoms with Gasteiger partial charge in [-0.25, -0.2) is 9.22 Å². The fourth-order valence-electron chi connectivity index (χ4n) is 2.10. The van der Waals surface area contributed by atoms with Crippen LogP contribution >= 0.6 is 0 Å². The van der Waals surface area contributed by atoms with Crippen molar-refractivity contribution < 1.29 is 27.2 Å². The van der Waals surface area contributed by atoms with Crippen molar-refractivity contribution in [2.45, 2.75) is 11.8 Å². The summed E-state index contributed by atoms with van der Waals surface area (Å²) >= 11 is 0. The van der Waals surface area contributed by atoms with Gasteiger partial charge in [0.15, 0.2) is 5.75 Å². The van der Waals surface area contributed by atoms with E-state index in [1.807, 2.05) is 4.83 Å². The second-order valence-corrected chi connectivity index (χ2v) is 6.73. The van der Waals surface area contributed by atoms with Crippen molar-refractivity contribution in [3.8, 4) is 11.5 Å². The predicted octanol–water partition coefficient (Wildman–Crippen LogP) is 2.45. The third-order valence-electron chi connectivity index (χ3n) is 3.27. The van der Waals surface area contributed by atoms with Crippen LogP contribution in [0.15, 0.2) is 46.4 Å². The number of ether oxygens (including phenoxy) is 2. The van der Waals surface area contributed by atoms with Crippen molar-refractivity contribution in [3.05, 3.63) is 57.9 Å². The van der Waals surface area contributed by atoms with Crippen LogP contribution in [0.25, 0.3) is 0 Å². The fraction of sp³-hybridized carbons (Fsp3) is 0.188. The van der Waals surface area contributed by atoms with Gasteiger partial charge < -0.3 is 9.47 Å². The van der Waals surface area contributed by atoms with Crippen molar-refractivity contribution in [1.82, 2.24) is 4.83 Å². The third kappa shape index (κ3) is 4.91. The van der Waals surface area contributed by atoms with E-state index in [9.17, 15) is 22.9 Å². The van der Waals surface area contributed by atoms with Gasteiger partial charge in [-0.2, -0.15) is 13.5 Å². The number of nitro groups is 1. The van der Waals surface area contributed by atoms with Crippen LogP contribution in [0, 0.1) is 15.9 Å². The zero-order chi connectivity index (χ0) is 20.0. The molecular weight excluding hydrogens is 381 g/mol. The lowest BCUT2D eigenvalue weighted by atomic mass is 10.2. The molecule has 0 saturated carbocycles. The van der Waals surface area contributed by atoms with Crippen molar-refractivity contribution in [2.24, 2.45) is 5.10 Å². The van der Waals surface area contributed by atoms with Crippen molar-refractivity contribution in [1.29, 1.82) is 0 Å². The zero-order valence-corrected chi connectivity index (χ0v) is 15.2. The first-order valence-corrected chi connectivity index (χ1v) is 9.06. The predicted molar refractivity (Wildman–Crippen MR) is 95.1 cm³/mol. The van der Waals surface area contributed by atoms with Crippen LogP contribution in [0.3, 0.4) is 0 Å². The molecule has 0 bridgehead atoms. The standard InChI is InChI=1S/C16H16FN3O6S/c1-3-26-16-14(20(21)22)8-11(9-15(16)25-2)10-18-19-27(23,24)13-6-4-12(17)5-7-13/h4-10,19H,3H2,1-2H3/b18-10+. The van der Waals surface area contributed by atoms with Crippen molar-refractivity contribution in [3.63, 3.8) is 0 Å². The van der Waals surface area contributed by atoms with E-state index in [1.54, 1.807) is 6.92 Å². The topological polar surface area (TPSA) is 120 Å². The van der Waals surface area contributed by atoms with E-state index in [0.717, 1.165) is 30.5 Å². The molecule has 0 unspecified atom stereocenters. The number of halogens is 1. The minimum Gasteiger partial charge on any atom is -0.493 e. The van der Waals surface area contributed by atoms with Crippen LogP contribution in [0.4, 0.5) is 10.1 Å². The van der Waals surface area contributed by atoms with E-state index < -0.39 is 20.8 Å². The first-order valence-electron chi connectivity index (χ1n) is 7.58. The molecule has 9 nitrogen and oxygen atoms in total. The molecule has 0 radical (unpaired) electrons. The van der Waals surface area contributed by atoms with Crippen molar-refractivity contribution in [2.75, 3.05) is 13.7 Å². The Hall–Kier alpha value is -3.21. The molecule has 0 aliphatic carbocycles. The first-order chi connectivity index (χ1) is 12.8. The molecule has 0 heterocycles. The van der Waals surface area contributed by atoms with E-state index in [0.29, 0.717) is 0 Å². The normalized spacial score (nSPS) is 11.4. The summed E-state index contributed by atoms with van der Waals surface area (Å²) in [6.07, 6.45) is 1.08. The van der Waals surface area contributed by atoms with Gasteiger partial charge in [-0.1, -0.05) is 0 Å². The molecule has 2 aromatic carbocycles. The van der Waals surface area contributed by atoms with Crippen LogP contribution in [0.5, 0.6) is 11.5 Å². The van der Waals surface area contributed by atoms with Gasteiger partial charge >= 0.3 is 5.69 Å². The second kappa shape index (κ2) is 8.45. The highest BCUT2D eigenvalue weighted by Crippen LogP contribution is 2.37. The van der Waals surface area contributed by atoms with Crippen LogP contribution < -0.4 is 14.3 Å².